The highest BCUT2D eigenvalue weighted by Gasteiger charge is 2.39. The standard InChI is InChI=1S/C18H25N/c1-2-6-17-14(4-1)5-3-7-18(17)19-12-16-11-13-8-9-15(16)10-13/h3,5,7,13,15-16,19H,1-2,4,6,8-12H2. The number of hydrogen-bond acceptors (Lipinski definition) is 1. The van der Waals surface area contributed by atoms with E-state index in [1.54, 1.807) is 11.1 Å². The second-order valence-electron chi connectivity index (χ2n) is 6.97. The summed E-state index contributed by atoms with van der Waals surface area (Å²) in [5, 5.41) is 3.80. The van der Waals surface area contributed by atoms with Crippen LogP contribution in [0.25, 0.3) is 0 Å². The van der Waals surface area contributed by atoms with Gasteiger partial charge in [0.2, 0.25) is 0 Å². The third-order valence-corrected chi connectivity index (χ3v) is 5.84. The van der Waals surface area contributed by atoms with E-state index in [1.807, 2.05) is 0 Å². The molecule has 3 aliphatic rings. The molecule has 2 bridgehead atoms. The van der Waals surface area contributed by atoms with Gasteiger partial charge in [0, 0.05) is 12.2 Å². The molecule has 1 nitrogen and oxygen atoms in total. The van der Waals surface area contributed by atoms with E-state index in [9.17, 15) is 0 Å². The van der Waals surface area contributed by atoms with Gasteiger partial charge in [-0.3, -0.25) is 0 Å². The van der Waals surface area contributed by atoms with Gasteiger partial charge in [-0.15, -0.1) is 0 Å². The van der Waals surface area contributed by atoms with E-state index in [2.05, 4.69) is 23.5 Å². The molecule has 4 rings (SSSR count). The summed E-state index contributed by atoms with van der Waals surface area (Å²) in [7, 11) is 0. The van der Waals surface area contributed by atoms with Crippen LogP contribution in [0.4, 0.5) is 5.69 Å². The summed E-state index contributed by atoms with van der Waals surface area (Å²) in [6.07, 6.45) is 11.4. The molecule has 102 valence electrons. The second kappa shape index (κ2) is 4.85. The van der Waals surface area contributed by atoms with Crippen molar-refractivity contribution in [2.24, 2.45) is 17.8 Å². The zero-order valence-electron chi connectivity index (χ0n) is 11.8. The van der Waals surface area contributed by atoms with E-state index in [1.165, 1.54) is 63.6 Å². The fourth-order valence-corrected chi connectivity index (χ4v) is 4.81. The monoisotopic (exact) mass is 255 g/mol. The van der Waals surface area contributed by atoms with Crippen LogP contribution in [0.2, 0.25) is 0 Å². The van der Waals surface area contributed by atoms with Crippen LogP contribution in [0, 0.1) is 17.8 Å². The Morgan fingerprint density at radius 1 is 1.05 bits per heavy atom. The summed E-state index contributed by atoms with van der Waals surface area (Å²) >= 11 is 0. The van der Waals surface area contributed by atoms with Gasteiger partial charge in [0.15, 0.2) is 0 Å². The van der Waals surface area contributed by atoms with Crippen molar-refractivity contribution in [1.29, 1.82) is 0 Å². The van der Waals surface area contributed by atoms with Gasteiger partial charge in [-0.1, -0.05) is 18.6 Å². The summed E-state index contributed by atoms with van der Waals surface area (Å²) < 4.78 is 0. The molecular formula is C18H25N. The maximum absolute atomic E-state index is 3.80. The quantitative estimate of drug-likeness (QED) is 0.843. The second-order valence-corrected chi connectivity index (χ2v) is 6.97. The van der Waals surface area contributed by atoms with Gasteiger partial charge in [-0.2, -0.15) is 0 Å². The normalized spacial score (nSPS) is 32.3. The Morgan fingerprint density at radius 2 is 2.00 bits per heavy atom. The Hall–Kier alpha value is -0.980. The van der Waals surface area contributed by atoms with Crippen molar-refractivity contribution in [2.45, 2.75) is 51.4 Å². The van der Waals surface area contributed by atoms with E-state index in [0.29, 0.717) is 0 Å². The Morgan fingerprint density at radius 3 is 2.84 bits per heavy atom. The molecule has 2 saturated carbocycles. The van der Waals surface area contributed by atoms with Crippen molar-refractivity contribution in [1.82, 2.24) is 0 Å². The van der Waals surface area contributed by atoms with E-state index >= 15 is 0 Å². The fourth-order valence-electron chi connectivity index (χ4n) is 4.81. The minimum absolute atomic E-state index is 0.957. The molecular weight excluding hydrogens is 230 g/mol. The van der Waals surface area contributed by atoms with Crippen molar-refractivity contribution in [3.8, 4) is 0 Å². The predicted molar refractivity (Wildman–Crippen MR) is 80.5 cm³/mol. The lowest BCUT2D eigenvalue weighted by atomic mass is 9.88. The number of nitrogens with one attached hydrogen (secondary N) is 1. The molecule has 0 amide bonds. The van der Waals surface area contributed by atoms with Gasteiger partial charge in [0.25, 0.3) is 0 Å². The molecule has 0 aromatic heterocycles. The maximum Gasteiger partial charge on any atom is 0.0375 e. The zero-order chi connectivity index (χ0) is 12.7. The molecule has 3 atom stereocenters. The molecule has 0 saturated heterocycles. The van der Waals surface area contributed by atoms with Gasteiger partial charge in [-0.25, -0.2) is 0 Å². The number of anilines is 1. The minimum Gasteiger partial charge on any atom is -0.385 e. The largest absolute Gasteiger partial charge is 0.385 e. The van der Waals surface area contributed by atoms with Crippen LogP contribution < -0.4 is 5.32 Å². The van der Waals surface area contributed by atoms with E-state index < -0.39 is 0 Å². The van der Waals surface area contributed by atoms with Crippen LogP contribution in [0.15, 0.2) is 18.2 Å². The van der Waals surface area contributed by atoms with Crippen LogP contribution in [0.3, 0.4) is 0 Å². The molecule has 3 unspecified atom stereocenters. The first-order valence-corrected chi connectivity index (χ1v) is 8.25. The molecule has 1 heteroatoms. The highest BCUT2D eigenvalue weighted by atomic mass is 14.9. The number of hydrogen-bond donors (Lipinski definition) is 1. The lowest BCUT2D eigenvalue weighted by Gasteiger charge is -2.25. The van der Waals surface area contributed by atoms with Crippen LogP contribution in [0.5, 0.6) is 0 Å². The maximum atomic E-state index is 3.80. The lowest BCUT2D eigenvalue weighted by molar-refractivity contribution is 0.348. The van der Waals surface area contributed by atoms with Crippen LogP contribution in [-0.2, 0) is 12.8 Å². The third-order valence-electron chi connectivity index (χ3n) is 5.84. The number of aryl methyl sites for hydroxylation is 1. The molecule has 19 heavy (non-hydrogen) atoms. The highest BCUT2D eigenvalue weighted by Crippen LogP contribution is 2.48. The summed E-state index contributed by atoms with van der Waals surface area (Å²) in [4.78, 5) is 0. The average molecular weight is 255 g/mol. The molecule has 0 aliphatic heterocycles. The van der Waals surface area contributed by atoms with Crippen molar-refractivity contribution in [2.75, 3.05) is 11.9 Å². The molecule has 3 aliphatic carbocycles. The van der Waals surface area contributed by atoms with E-state index in [4.69, 9.17) is 0 Å². The summed E-state index contributed by atoms with van der Waals surface area (Å²) in [5.41, 5.74) is 4.67. The van der Waals surface area contributed by atoms with Crippen LogP contribution >= 0.6 is 0 Å². The number of benzene rings is 1. The Bertz CT molecular complexity index is 465. The molecule has 0 spiro atoms. The van der Waals surface area contributed by atoms with Crippen molar-refractivity contribution in [3.63, 3.8) is 0 Å². The molecule has 2 fully saturated rings. The molecule has 1 aromatic carbocycles. The number of fused-ring (bicyclic) bond motifs is 3. The van der Waals surface area contributed by atoms with Crippen molar-refractivity contribution < 1.29 is 0 Å². The van der Waals surface area contributed by atoms with E-state index in [-0.39, 0.29) is 0 Å². The summed E-state index contributed by atoms with van der Waals surface area (Å²) in [6.45, 7) is 1.22. The Labute approximate surface area is 116 Å². The first-order valence-electron chi connectivity index (χ1n) is 8.25. The van der Waals surface area contributed by atoms with Gasteiger partial charge >= 0.3 is 0 Å². The smallest absolute Gasteiger partial charge is 0.0375 e. The Balaban J connectivity index is 1.45. The Kier molecular flexibility index (Phi) is 3.01. The van der Waals surface area contributed by atoms with Gasteiger partial charge < -0.3 is 5.32 Å². The fraction of sp³-hybridized carbons (Fsp3) is 0.667. The summed E-state index contributed by atoms with van der Waals surface area (Å²) in [6, 6.07) is 6.88. The molecule has 0 radical (unpaired) electrons. The lowest BCUT2D eigenvalue weighted by Crippen LogP contribution is -2.21. The SMILES string of the molecule is c1cc2c(c(NCC3CC4CCC3C4)c1)CCCC2. The van der Waals surface area contributed by atoms with Gasteiger partial charge in [0.1, 0.15) is 0 Å². The topological polar surface area (TPSA) is 12.0 Å². The first kappa shape index (κ1) is 11.8. The average Bonchev–Trinajstić information content (AvgIpc) is 3.07. The van der Waals surface area contributed by atoms with Gasteiger partial charge in [-0.05, 0) is 79.9 Å². The van der Waals surface area contributed by atoms with Crippen molar-refractivity contribution >= 4 is 5.69 Å². The number of rotatable bonds is 3. The van der Waals surface area contributed by atoms with Crippen LogP contribution in [0.1, 0.15) is 49.7 Å². The minimum atomic E-state index is 0.957. The first-order chi connectivity index (χ1) is 9.40. The third kappa shape index (κ3) is 2.17. The predicted octanol–water partition coefficient (Wildman–Crippen LogP) is 4.41. The summed E-state index contributed by atoms with van der Waals surface area (Å²) in [5.74, 6) is 3.07. The van der Waals surface area contributed by atoms with Crippen LogP contribution in [-0.4, -0.2) is 6.54 Å². The molecule has 1 aromatic rings. The molecule has 0 heterocycles. The highest BCUT2D eigenvalue weighted by molar-refractivity contribution is 5.55. The van der Waals surface area contributed by atoms with Gasteiger partial charge in [0.05, 0.1) is 0 Å². The van der Waals surface area contributed by atoms with Crippen molar-refractivity contribution in [3.05, 3.63) is 29.3 Å². The van der Waals surface area contributed by atoms with E-state index in [0.717, 1.165) is 17.8 Å². The zero-order valence-corrected chi connectivity index (χ0v) is 11.8. The molecule has 1 N–H and O–H groups in total.